The predicted molar refractivity (Wildman–Crippen MR) is 155 cm³/mol. The molecule has 0 aliphatic rings. The van der Waals surface area contributed by atoms with Crippen LogP contribution in [0.1, 0.15) is 37.4 Å². The zero-order valence-corrected chi connectivity index (χ0v) is 22.5. The Morgan fingerprint density at radius 1 is 0.488 bits per heavy atom. The van der Waals surface area contributed by atoms with E-state index in [0.717, 1.165) is 16.7 Å². The number of benzene rings is 5. The molecule has 0 aliphatic carbocycles. The minimum Gasteiger partial charge on any atom is -0.457 e. The van der Waals surface area contributed by atoms with Gasteiger partial charge in [-0.1, -0.05) is 66.7 Å². The van der Waals surface area contributed by atoms with E-state index in [9.17, 15) is 9.59 Å². The van der Waals surface area contributed by atoms with E-state index in [1.807, 2.05) is 85.8 Å². The summed E-state index contributed by atoms with van der Waals surface area (Å²) in [5.74, 6) is 1.57. The van der Waals surface area contributed by atoms with Crippen molar-refractivity contribution in [3.05, 3.63) is 155 Å². The van der Waals surface area contributed by atoms with Crippen LogP contribution in [0, 0.1) is 6.92 Å². The summed E-state index contributed by atoms with van der Waals surface area (Å²) in [6.07, 6.45) is 0. The van der Waals surface area contributed by atoms with Crippen LogP contribution >= 0.6 is 0 Å². The van der Waals surface area contributed by atoms with Crippen LogP contribution in [0.3, 0.4) is 0 Å². The third kappa shape index (κ3) is 7.40. The van der Waals surface area contributed by atoms with Crippen LogP contribution in [-0.2, 0) is 22.7 Å². The normalized spacial score (nSPS) is 10.5. The molecule has 0 saturated heterocycles. The number of esters is 2. The average molecular weight is 545 g/mol. The SMILES string of the molecule is Cc1c(Oc2ccc(C(=O)OCc3ccccc3)cc2)cccc1Oc1ccc(C(=O)OCc2ccccc2)cc1. The molecule has 6 nitrogen and oxygen atoms in total. The van der Waals surface area contributed by atoms with Crippen molar-refractivity contribution in [1.29, 1.82) is 0 Å². The molecule has 0 amide bonds. The Hall–Kier alpha value is -5.36. The average Bonchev–Trinajstić information content (AvgIpc) is 3.02. The second-order valence-corrected chi connectivity index (χ2v) is 9.26. The number of ether oxygens (including phenoxy) is 4. The molecule has 0 heterocycles. The van der Waals surface area contributed by atoms with Crippen molar-refractivity contribution < 1.29 is 28.5 Å². The van der Waals surface area contributed by atoms with Gasteiger partial charge in [0.05, 0.1) is 11.1 Å². The lowest BCUT2D eigenvalue weighted by Crippen LogP contribution is -2.05. The van der Waals surface area contributed by atoms with Crippen molar-refractivity contribution in [2.45, 2.75) is 20.1 Å². The van der Waals surface area contributed by atoms with Gasteiger partial charge >= 0.3 is 11.9 Å². The van der Waals surface area contributed by atoms with E-state index in [4.69, 9.17) is 18.9 Å². The molecule has 6 heteroatoms. The first kappa shape index (κ1) is 27.2. The maximum absolute atomic E-state index is 12.4. The molecular weight excluding hydrogens is 516 g/mol. The van der Waals surface area contributed by atoms with Gasteiger partial charge in [-0.25, -0.2) is 9.59 Å². The Morgan fingerprint density at radius 2 is 0.878 bits per heavy atom. The highest BCUT2D eigenvalue weighted by Crippen LogP contribution is 2.34. The number of hydrogen-bond acceptors (Lipinski definition) is 6. The molecular formula is C35H28O6. The highest BCUT2D eigenvalue weighted by molar-refractivity contribution is 5.90. The zero-order valence-electron chi connectivity index (χ0n) is 22.5. The lowest BCUT2D eigenvalue weighted by Gasteiger charge is -2.14. The molecule has 204 valence electrons. The second-order valence-electron chi connectivity index (χ2n) is 9.26. The topological polar surface area (TPSA) is 71.1 Å². The maximum atomic E-state index is 12.4. The summed E-state index contributed by atoms with van der Waals surface area (Å²) in [6.45, 7) is 2.32. The molecule has 0 aliphatic heterocycles. The van der Waals surface area contributed by atoms with E-state index in [-0.39, 0.29) is 13.2 Å². The van der Waals surface area contributed by atoms with E-state index >= 15 is 0 Å². The molecule has 0 saturated carbocycles. The van der Waals surface area contributed by atoms with Crippen LogP contribution in [0.5, 0.6) is 23.0 Å². The molecule has 0 N–H and O–H groups in total. The highest BCUT2D eigenvalue weighted by Gasteiger charge is 2.12. The van der Waals surface area contributed by atoms with Crippen LogP contribution < -0.4 is 9.47 Å². The summed E-state index contributed by atoms with van der Waals surface area (Å²) >= 11 is 0. The van der Waals surface area contributed by atoms with Gasteiger partial charge in [0.15, 0.2) is 0 Å². The molecule has 0 atom stereocenters. The predicted octanol–water partition coefficient (Wildman–Crippen LogP) is 8.29. The summed E-state index contributed by atoms with van der Waals surface area (Å²) in [6, 6.07) is 38.2. The Bertz CT molecular complexity index is 1480. The fraction of sp³-hybridized carbons (Fsp3) is 0.0857. The van der Waals surface area contributed by atoms with Crippen molar-refractivity contribution in [3.63, 3.8) is 0 Å². The Labute approximate surface area is 238 Å². The Morgan fingerprint density at radius 3 is 1.27 bits per heavy atom. The van der Waals surface area contributed by atoms with Gasteiger partial charge in [0.2, 0.25) is 0 Å². The van der Waals surface area contributed by atoms with Crippen LogP contribution in [0.15, 0.2) is 127 Å². The lowest BCUT2D eigenvalue weighted by atomic mass is 10.2. The smallest absolute Gasteiger partial charge is 0.338 e. The van der Waals surface area contributed by atoms with Crippen LogP contribution in [0.4, 0.5) is 0 Å². The quantitative estimate of drug-likeness (QED) is 0.165. The van der Waals surface area contributed by atoms with Crippen molar-refractivity contribution in [3.8, 4) is 23.0 Å². The maximum Gasteiger partial charge on any atom is 0.338 e. The van der Waals surface area contributed by atoms with Gasteiger partial charge in [-0.3, -0.25) is 0 Å². The molecule has 5 aromatic rings. The molecule has 0 fully saturated rings. The molecule has 41 heavy (non-hydrogen) atoms. The first-order valence-electron chi connectivity index (χ1n) is 13.1. The molecule has 0 radical (unpaired) electrons. The van der Waals surface area contributed by atoms with Crippen LogP contribution in [-0.4, -0.2) is 11.9 Å². The van der Waals surface area contributed by atoms with Gasteiger partial charge in [-0.15, -0.1) is 0 Å². The molecule has 5 aromatic carbocycles. The van der Waals surface area contributed by atoms with Gasteiger partial charge in [-0.2, -0.15) is 0 Å². The molecule has 0 bridgehead atoms. The molecule has 0 spiro atoms. The number of rotatable bonds is 10. The Balaban J connectivity index is 1.17. The highest BCUT2D eigenvalue weighted by atomic mass is 16.5. The standard InChI is InChI=1S/C35H28O6/c1-25-32(40-30-19-15-28(16-20-30)34(36)38-23-26-9-4-2-5-10-26)13-8-14-33(25)41-31-21-17-29(18-22-31)35(37)39-24-27-11-6-3-7-12-27/h2-22H,23-24H2,1H3. The Kier molecular flexibility index (Phi) is 8.72. The van der Waals surface area contributed by atoms with E-state index in [1.165, 1.54) is 0 Å². The van der Waals surface area contributed by atoms with Gasteiger partial charge < -0.3 is 18.9 Å². The third-order valence-corrected chi connectivity index (χ3v) is 6.30. The summed E-state index contributed by atoms with van der Waals surface area (Å²) in [4.78, 5) is 24.8. The van der Waals surface area contributed by atoms with Crippen LogP contribution in [0.2, 0.25) is 0 Å². The summed E-state index contributed by atoms with van der Waals surface area (Å²) in [5, 5.41) is 0. The van der Waals surface area contributed by atoms with Gasteiger partial charge in [-0.05, 0) is 78.7 Å². The van der Waals surface area contributed by atoms with Gasteiger partial charge in [0.25, 0.3) is 0 Å². The zero-order chi connectivity index (χ0) is 28.4. The largest absolute Gasteiger partial charge is 0.457 e. The first-order chi connectivity index (χ1) is 20.0. The number of hydrogen-bond donors (Lipinski definition) is 0. The van der Waals surface area contributed by atoms with E-state index in [0.29, 0.717) is 34.1 Å². The summed E-state index contributed by atoms with van der Waals surface area (Å²) in [7, 11) is 0. The second kappa shape index (κ2) is 13.1. The van der Waals surface area contributed by atoms with E-state index in [2.05, 4.69) is 0 Å². The van der Waals surface area contributed by atoms with Crippen LogP contribution in [0.25, 0.3) is 0 Å². The number of carbonyl (C=O) groups is 2. The minimum absolute atomic E-state index is 0.213. The van der Waals surface area contributed by atoms with E-state index in [1.54, 1.807) is 48.5 Å². The van der Waals surface area contributed by atoms with Gasteiger partial charge in [0.1, 0.15) is 36.2 Å². The minimum atomic E-state index is -0.401. The third-order valence-electron chi connectivity index (χ3n) is 6.30. The lowest BCUT2D eigenvalue weighted by molar-refractivity contribution is 0.0464. The number of carbonyl (C=O) groups excluding carboxylic acids is 2. The fourth-order valence-corrected chi connectivity index (χ4v) is 4.00. The summed E-state index contributed by atoms with van der Waals surface area (Å²) < 4.78 is 22.9. The summed E-state index contributed by atoms with van der Waals surface area (Å²) in [5.41, 5.74) is 3.53. The fourth-order valence-electron chi connectivity index (χ4n) is 4.00. The molecule has 0 unspecified atom stereocenters. The monoisotopic (exact) mass is 544 g/mol. The first-order valence-corrected chi connectivity index (χ1v) is 13.1. The molecule has 5 rings (SSSR count). The van der Waals surface area contributed by atoms with Gasteiger partial charge in [0, 0.05) is 5.56 Å². The van der Waals surface area contributed by atoms with Crippen molar-refractivity contribution in [1.82, 2.24) is 0 Å². The molecule has 0 aromatic heterocycles. The van der Waals surface area contributed by atoms with Crippen molar-refractivity contribution in [2.24, 2.45) is 0 Å². The van der Waals surface area contributed by atoms with E-state index < -0.39 is 11.9 Å². The van der Waals surface area contributed by atoms with Crippen molar-refractivity contribution >= 4 is 11.9 Å². The van der Waals surface area contributed by atoms with Crippen molar-refractivity contribution in [2.75, 3.05) is 0 Å².